The van der Waals surface area contributed by atoms with Gasteiger partial charge >= 0.3 is 0 Å². The molecule has 0 atom stereocenters. The van der Waals surface area contributed by atoms with E-state index in [0.29, 0.717) is 24.4 Å². The summed E-state index contributed by atoms with van der Waals surface area (Å²) in [6, 6.07) is 8.27. The number of hydrogen-bond acceptors (Lipinski definition) is 5. The van der Waals surface area contributed by atoms with Crippen LogP contribution >= 0.6 is 0 Å². The number of nitrogens with zero attached hydrogens (tertiary/aromatic N) is 1. The molecule has 2 N–H and O–H groups in total. The number of hydrogen-bond donors (Lipinski definition) is 2. The van der Waals surface area contributed by atoms with Gasteiger partial charge in [0.05, 0.1) is 11.2 Å². The lowest BCUT2D eigenvalue weighted by Crippen LogP contribution is -2.33. The second-order valence-corrected chi connectivity index (χ2v) is 8.24. The smallest absolute Gasteiger partial charge is 0.244 e. The van der Waals surface area contributed by atoms with Gasteiger partial charge in [0.15, 0.2) is 0 Å². The van der Waals surface area contributed by atoms with Crippen LogP contribution in [0, 0.1) is 0 Å². The summed E-state index contributed by atoms with van der Waals surface area (Å²) in [5, 5.41) is 2.66. The topological polar surface area (TPSA) is 109 Å². The van der Waals surface area contributed by atoms with E-state index in [9.17, 15) is 18.0 Å². The lowest BCUT2D eigenvalue weighted by Gasteiger charge is -2.18. The third kappa shape index (κ3) is 5.12. The van der Waals surface area contributed by atoms with Crippen molar-refractivity contribution in [3.63, 3.8) is 0 Å². The fourth-order valence-corrected chi connectivity index (χ4v) is 4.15. The quantitative estimate of drug-likeness (QED) is 0.636. The molecule has 2 aromatic rings. The van der Waals surface area contributed by atoms with Gasteiger partial charge in [0, 0.05) is 37.8 Å². The van der Waals surface area contributed by atoms with Gasteiger partial charge in [-0.05, 0) is 42.3 Å². The summed E-state index contributed by atoms with van der Waals surface area (Å²) in [4.78, 5) is 26.1. The average Bonchev–Trinajstić information content (AvgIpc) is 3.35. The maximum absolute atomic E-state index is 12.6. The van der Waals surface area contributed by atoms with Crippen LogP contribution in [0.5, 0.6) is 0 Å². The number of amides is 2. The van der Waals surface area contributed by atoms with Crippen LogP contribution in [-0.4, -0.2) is 39.9 Å². The van der Waals surface area contributed by atoms with Gasteiger partial charge in [-0.3, -0.25) is 9.59 Å². The van der Waals surface area contributed by atoms with Gasteiger partial charge in [-0.25, -0.2) is 13.1 Å². The SMILES string of the molecule is CCNS(=O)(=O)c1ccc2c(c1)N(C(=O)CCNC(=O)/C=C/c1ccco1)CC2. The number of furan rings is 1. The molecule has 0 saturated heterocycles. The predicted molar refractivity (Wildman–Crippen MR) is 109 cm³/mol. The number of carbonyl (C=O) groups is 2. The fraction of sp³-hybridized carbons (Fsp3) is 0.300. The Kier molecular flexibility index (Phi) is 6.50. The van der Waals surface area contributed by atoms with E-state index < -0.39 is 10.0 Å². The van der Waals surface area contributed by atoms with Crippen molar-refractivity contribution in [1.29, 1.82) is 0 Å². The largest absolute Gasteiger partial charge is 0.465 e. The van der Waals surface area contributed by atoms with Crippen LogP contribution in [0.1, 0.15) is 24.7 Å². The summed E-state index contributed by atoms with van der Waals surface area (Å²) in [6.45, 7) is 2.67. The molecule has 8 nitrogen and oxygen atoms in total. The molecule has 2 heterocycles. The normalized spacial score (nSPS) is 13.6. The van der Waals surface area contributed by atoms with Gasteiger partial charge < -0.3 is 14.6 Å². The van der Waals surface area contributed by atoms with Crippen LogP contribution in [0.15, 0.2) is 52.0 Å². The Hall–Kier alpha value is -2.91. The molecule has 1 aromatic heterocycles. The number of benzene rings is 1. The van der Waals surface area contributed by atoms with E-state index in [1.54, 1.807) is 42.2 Å². The molecule has 29 heavy (non-hydrogen) atoms. The number of sulfonamides is 1. The average molecular weight is 417 g/mol. The van der Waals surface area contributed by atoms with Crippen LogP contribution in [0.2, 0.25) is 0 Å². The molecule has 0 unspecified atom stereocenters. The summed E-state index contributed by atoms with van der Waals surface area (Å²) in [7, 11) is -3.59. The van der Waals surface area contributed by atoms with Crippen molar-refractivity contribution in [2.24, 2.45) is 0 Å². The highest BCUT2D eigenvalue weighted by molar-refractivity contribution is 7.89. The number of nitrogens with one attached hydrogen (secondary N) is 2. The van der Waals surface area contributed by atoms with E-state index in [1.165, 1.54) is 18.4 Å². The molecule has 0 radical (unpaired) electrons. The highest BCUT2D eigenvalue weighted by atomic mass is 32.2. The van der Waals surface area contributed by atoms with E-state index >= 15 is 0 Å². The molecule has 1 aromatic carbocycles. The van der Waals surface area contributed by atoms with Crippen LogP contribution < -0.4 is 14.9 Å². The number of fused-ring (bicyclic) bond motifs is 1. The molecule has 0 fully saturated rings. The number of carbonyl (C=O) groups excluding carboxylic acids is 2. The van der Waals surface area contributed by atoms with Crippen molar-refractivity contribution in [1.82, 2.24) is 10.0 Å². The lowest BCUT2D eigenvalue weighted by atomic mass is 10.2. The zero-order valence-electron chi connectivity index (χ0n) is 16.1. The molecule has 3 rings (SSSR count). The number of anilines is 1. The summed E-state index contributed by atoms with van der Waals surface area (Å²) in [5.74, 6) is 0.0697. The van der Waals surface area contributed by atoms with Gasteiger partial charge in [0.2, 0.25) is 21.8 Å². The van der Waals surface area contributed by atoms with Gasteiger partial charge in [-0.1, -0.05) is 13.0 Å². The zero-order valence-corrected chi connectivity index (χ0v) is 16.9. The van der Waals surface area contributed by atoms with Crippen LogP contribution in [0.3, 0.4) is 0 Å². The van der Waals surface area contributed by atoms with Crippen LogP contribution in [0.4, 0.5) is 5.69 Å². The molecular formula is C20H23N3O5S. The maximum Gasteiger partial charge on any atom is 0.244 e. The molecule has 0 aliphatic carbocycles. The Morgan fingerprint density at radius 3 is 2.83 bits per heavy atom. The third-order valence-electron chi connectivity index (χ3n) is 4.48. The monoisotopic (exact) mass is 417 g/mol. The summed E-state index contributed by atoms with van der Waals surface area (Å²) < 4.78 is 32.0. The van der Waals surface area contributed by atoms with Crippen molar-refractivity contribution in [2.45, 2.75) is 24.7 Å². The third-order valence-corrected chi connectivity index (χ3v) is 6.02. The molecule has 2 amide bonds. The van der Waals surface area contributed by atoms with Crippen molar-refractivity contribution in [3.05, 3.63) is 54.0 Å². The summed E-state index contributed by atoms with van der Waals surface area (Å²) >= 11 is 0. The van der Waals surface area contributed by atoms with Crippen LogP contribution in [0.25, 0.3) is 6.08 Å². The minimum atomic E-state index is -3.59. The first-order chi connectivity index (χ1) is 13.9. The second kappa shape index (κ2) is 9.06. The van der Waals surface area contributed by atoms with E-state index in [0.717, 1.165) is 5.56 Å². The molecule has 0 bridgehead atoms. The maximum atomic E-state index is 12.6. The predicted octanol–water partition coefficient (Wildman–Crippen LogP) is 1.69. The summed E-state index contributed by atoms with van der Waals surface area (Å²) in [6.07, 6.45) is 5.18. The van der Waals surface area contributed by atoms with Gasteiger partial charge in [-0.2, -0.15) is 0 Å². The highest BCUT2D eigenvalue weighted by Crippen LogP contribution is 2.31. The van der Waals surface area contributed by atoms with Crippen molar-refractivity contribution in [2.75, 3.05) is 24.5 Å². The summed E-state index contributed by atoms with van der Waals surface area (Å²) in [5.41, 5.74) is 1.54. The highest BCUT2D eigenvalue weighted by Gasteiger charge is 2.26. The Morgan fingerprint density at radius 2 is 2.10 bits per heavy atom. The molecule has 0 spiro atoms. The zero-order chi connectivity index (χ0) is 20.9. The van der Waals surface area contributed by atoms with Gasteiger partial charge in [0.25, 0.3) is 0 Å². The fourth-order valence-electron chi connectivity index (χ4n) is 3.09. The van der Waals surface area contributed by atoms with Crippen molar-refractivity contribution < 1.29 is 22.4 Å². The Labute approximate surface area is 169 Å². The van der Waals surface area contributed by atoms with Crippen molar-refractivity contribution >= 4 is 33.6 Å². The second-order valence-electron chi connectivity index (χ2n) is 6.48. The molecular weight excluding hydrogens is 394 g/mol. The molecule has 9 heteroatoms. The molecule has 154 valence electrons. The Bertz CT molecular complexity index is 1010. The Morgan fingerprint density at radius 1 is 1.28 bits per heavy atom. The minimum Gasteiger partial charge on any atom is -0.465 e. The Balaban J connectivity index is 1.58. The van der Waals surface area contributed by atoms with Gasteiger partial charge in [0.1, 0.15) is 5.76 Å². The standard InChI is InChI=1S/C20H23N3O5S/c1-2-22-29(26,27)17-7-5-15-10-12-23(18(15)14-17)20(25)9-11-21-19(24)8-6-16-4-3-13-28-16/h3-8,13-14,22H,2,9-12H2,1H3,(H,21,24)/b8-6+. The van der Waals surface area contributed by atoms with E-state index in [4.69, 9.17) is 4.42 Å². The molecule has 1 aliphatic heterocycles. The lowest BCUT2D eigenvalue weighted by molar-refractivity contribution is -0.119. The van der Waals surface area contributed by atoms with Crippen molar-refractivity contribution in [3.8, 4) is 0 Å². The molecule has 0 saturated carbocycles. The first kappa shape index (κ1) is 20.8. The minimum absolute atomic E-state index is 0.115. The van der Waals surface area contributed by atoms with E-state index in [1.807, 2.05) is 0 Å². The first-order valence-corrected chi connectivity index (χ1v) is 10.8. The number of rotatable bonds is 8. The van der Waals surface area contributed by atoms with E-state index in [2.05, 4.69) is 10.0 Å². The van der Waals surface area contributed by atoms with Crippen LogP contribution in [-0.2, 0) is 26.0 Å². The first-order valence-electron chi connectivity index (χ1n) is 9.33. The molecule has 1 aliphatic rings. The van der Waals surface area contributed by atoms with E-state index in [-0.39, 0.29) is 36.2 Å². The van der Waals surface area contributed by atoms with Gasteiger partial charge in [-0.15, -0.1) is 0 Å².